The molecule has 1 unspecified atom stereocenters. The third kappa shape index (κ3) is 6.09. The Morgan fingerprint density at radius 3 is 2.45 bits per heavy atom. The fourth-order valence-corrected chi connectivity index (χ4v) is 5.12. The highest BCUT2D eigenvalue weighted by atomic mass is 16.3. The molecule has 0 bridgehead atoms. The van der Waals surface area contributed by atoms with Gasteiger partial charge in [0, 0.05) is 19.2 Å². The molecule has 1 aliphatic carbocycles. The quantitative estimate of drug-likeness (QED) is 0.538. The summed E-state index contributed by atoms with van der Waals surface area (Å²) in [5.74, 6) is 0. The van der Waals surface area contributed by atoms with Crippen molar-refractivity contribution in [3.63, 3.8) is 0 Å². The number of nitrogens with one attached hydrogen (secondary N) is 1. The van der Waals surface area contributed by atoms with Crippen LogP contribution in [0.5, 0.6) is 0 Å². The van der Waals surface area contributed by atoms with E-state index in [1.807, 2.05) is 6.07 Å². The fourth-order valence-electron chi connectivity index (χ4n) is 5.12. The molecule has 0 amide bonds. The number of aliphatic hydroxyl groups excluding tert-OH is 1. The van der Waals surface area contributed by atoms with Crippen molar-refractivity contribution in [3.05, 3.63) is 95.3 Å². The second-order valence-electron chi connectivity index (χ2n) is 9.27. The topological polar surface area (TPSA) is 29.6 Å². The number of aliphatic hydroxyl groups is 1. The highest BCUT2D eigenvalue weighted by molar-refractivity contribution is 5.26. The number of nitrogens with zero attached hydrogens (tertiary/aromatic N) is 1. The highest BCUT2D eigenvalue weighted by Gasteiger charge is 2.27. The fraction of sp³-hybridized carbons (Fsp3) is 0.429. The minimum absolute atomic E-state index is 0.306. The van der Waals surface area contributed by atoms with Crippen LogP contribution < -0.4 is 4.90 Å². The van der Waals surface area contributed by atoms with Crippen molar-refractivity contribution in [2.75, 3.05) is 6.54 Å². The molecule has 31 heavy (non-hydrogen) atoms. The minimum Gasteiger partial charge on any atom is -0.387 e. The van der Waals surface area contributed by atoms with Crippen LogP contribution in [0.4, 0.5) is 0 Å². The molecule has 0 radical (unpaired) electrons. The monoisotopic (exact) mass is 417 g/mol. The first-order valence-electron chi connectivity index (χ1n) is 11.9. The van der Waals surface area contributed by atoms with Crippen LogP contribution in [0.1, 0.15) is 54.5 Å². The molecule has 0 saturated heterocycles. The molecule has 4 rings (SSSR count). The van der Waals surface area contributed by atoms with Gasteiger partial charge in [-0.2, -0.15) is 0 Å². The van der Waals surface area contributed by atoms with Gasteiger partial charge in [0.05, 0.1) is 11.7 Å². The summed E-state index contributed by atoms with van der Waals surface area (Å²) in [5, 5.41) is 10.9. The Morgan fingerprint density at radius 2 is 1.68 bits per heavy atom. The average molecular weight is 418 g/mol. The number of aryl methyl sites for hydroxylation is 1. The Balaban J connectivity index is 1.47. The molecular formula is C28H37N2O+. The largest absolute Gasteiger partial charge is 0.387 e. The van der Waals surface area contributed by atoms with E-state index in [-0.39, 0.29) is 6.10 Å². The maximum Gasteiger partial charge on any atom is 0.118 e. The van der Waals surface area contributed by atoms with Crippen molar-refractivity contribution in [1.29, 1.82) is 0 Å². The van der Waals surface area contributed by atoms with E-state index in [4.69, 9.17) is 0 Å². The maximum atomic E-state index is 10.9. The molecule has 164 valence electrons. The molecule has 1 heterocycles. The van der Waals surface area contributed by atoms with Crippen LogP contribution in [0.15, 0.2) is 72.9 Å². The van der Waals surface area contributed by atoms with Gasteiger partial charge < -0.3 is 14.6 Å². The first kappa shape index (κ1) is 21.9. The molecule has 2 atom stereocenters. The van der Waals surface area contributed by atoms with E-state index in [1.165, 1.54) is 54.5 Å². The van der Waals surface area contributed by atoms with Crippen LogP contribution >= 0.6 is 0 Å². The summed E-state index contributed by atoms with van der Waals surface area (Å²) in [5.41, 5.74) is 5.32. The molecule has 2 N–H and O–H groups in total. The summed E-state index contributed by atoms with van der Waals surface area (Å²) in [6.07, 6.45) is 9.22. The summed E-state index contributed by atoms with van der Waals surface area (Å²) >= 11 is 0. The molecule has 3 heteroatoms. The molecule has 1 aromatic heterocycles. The van der Waals surface area contributed by atoms with Crippen molar-refractivity contribution in [2.24, 2.45) is 0 Å². The summed E-state index contributed by atoms with van der Waals surface area (Å²) in [7, 11) is 0. The van der Waals surface area contributed by atoms with Gasteiger partial charge in [-0.3, -0.25) is 0 Å². The van der Waals surface area contributed by atoms with Gasteiger partial charge in [0.15, 0.2) is 0 Å². The van der Waals surface area contributed by atoms with E-state index in [9.17, 15) is 5.11 Å². The van der Waals surface area contributed by atoms with Gasteiger partial charge >= 0.3 is 0 Å². The Morgan fingerprint density at radius 1 is 0.935 bits per heavy atom. The van der Waals surface area contributed by atoms with Crippen molar-refractivity contribution in [2.45, 2.75) is 70.7 Å². The Bertz CT molecular complexity index is 927. The summed E-state index contributed by atoms with van der Waals surface area (Å²) in [6.45, 7) is 4.90. The van der Waals surface area contributed by atoms with Crippen molar-refractivity contribution >= 4 is 0 Å². The van der Waals surface area contributed by atoms with Gasteiger partial charge in [0.1, 0.15) is 19.2 Å². The molecule has 3 aromatic rings. The van der Waals surface area contributed by atoms with E-state index in [1.54, 1.807) is 4.90 Å². The standard InChI is InChI=1S/C28H36N2O/c1-23-11-8-9-14-25(23)20-29-18-10-17-27(29)21-30(26-15-6-3-7-16-26)22-28(31)19-24-12-4-2-5-13-24/h2,4-5,8-14,17-18,26,28,31H,3,6-7,15-16,19-22H2,1H3/p+1/t28-/m1/s1. The van der Waals surface area contributed by atoms with Crippen LogP contribution in [0.25, 0.3) is 0 Å². The van der Waals surface area contributed by atoms with Crippen molar-refractivity contribution in [3.8, 4) is 0 Å². The van der Waals surface area contributed by atoms with E-state index in [0.717, 1.165) is 26.1 Å². The van der Waals surface area contributed by atoms with Gasteiger partial charge in [0.2, 0.25) is 0 Å². The SMILES string of the molecule is Cc1ccccc1Cn1cccc1C[NH+](C[C@H](O)Cc1ccccc1)C1CCCCC1. The number of rotatable bonds is 9. The predicted molar refractivity (Wildman–Crippen MR) is 127 cm³/mol. The predicted octanol–water partition coefficient (Wildman–Crippen LogP) is 4.17. The van der Waals surface area contributed by atoms with Gasteiger partial charge in [0.25, 0.3) is 0 Å². The third-order valence-corrected chi connectivity index (χ3v) is 6.93. The molecule has 0 spiro atoms. The zero-order chi connectivity index (χ0) is 21.5. The van der Waals surface area contributed by atoms with Crippen molar-refractivity contribution < 1.29 is 10.0 Å². The number of benzene rings is 2. The Labute approximate surface area is 187 Å². The Hall–Kier alpha value is -2.36. The first-order valence-corrected chi connectivity index (χ1v) is 11.9. The van der Waals surface area contributed by atoms with Crippen molar-refractivity contribution in [1.82, 2.24) is 4.57 Å². The van der Waals surface area contributed by atoms with E-state index in [2.05, 4.69) is 78.4 Å². The number of hydrogen-bond donors (Lipinski definition) is 2. The number of aromatic nitrogens is 1. The van der Waals surface area contributed by atoms with Crippen LogP contribution in [-0.2, 0) is 19.5 Å². The molecule has 0 aliphatic heterocycles. The first-order chi connectivity index (χ1) is 15.2. The van der Waals surface area contributed by atoms with E-state index < -0.39 is 0 Å². The maximum absolute atomic E-state index is 10.9. The third-order valence-electron chi connectivity index (χ3n) is 6.93. The van der Waals surface area contributed by atoms with Crippen LogP contribution in [0.3, 0.4) is 0 Å². The normalized spacial score (nSPS) is 16.8. The minimum atomic E-state index is -0.306. The molecule has 1 aliphatic rings. The Kier molecular flexibility index (Phi) is 7.61. The molecular weight excluding hydrogens is 380 g/mol. The van der Waals surface area contributed by atoms with Gasteiger partial charge in [-0.05, 0) is 61.4 Å². The lowest BCUT2D eigenvalue weighted by atomic mass is 9.93. The number of hydrogen-bond acceptors (Lipinski definition) is 1. The summed E-state index contributed by atoms with van der Waals surface area (Å²) in [6, 6.07) is 24.2. The molecule has 1 saturated carbocycles. The lowest BCUT2D eigenvalue weighted by Gasteiger charge is -2.33. The average Bonchev–Trinajstić information content (AvgIpc) is 3.23. The molecule has 1 fully saturated rings. The smallest absolute Gasteiger partial charge is 0.118 e. The highest BCUT2D eigenvalue weighted by Crippen LogP contribution is 2.17. The van der Waals surface area contributed by atoms with Crippen LogP contribution in [0, 0.1) is 6.92 Å². The van der Waals surface area contributed by atoms with Crippen LogP contribution in [0.2, 0.25) is 0 Å². The molecule has 3 nitrogen and oxygen atoms in total. The lowest BCUT2D eigenvalue weighted by molar-refractivity contribution is -0.943. The van der Waals surface area contributed by atoms with E-state index >= 15 is 0 Å². The zero-order valence-corrected chi connectivity index (χ0v) is 18.8. The number of quaternary nitrogens is 1. The lowest BCUT2D eigenvalue weighted by Crippen LogP contribution is -3.15. The van der Waals surface area contributed by atoms with Gasteiger partial charge in [-0.1, -0.05) is 61.0 Å². The molecule has 2 aromatic carbocycles. The summed E-state index contributed by atoms with van der Waals surface area (Å²) < 4.78 is 2.40. The van der Waals surface area contributed by atoms with Crippen LogP contribution in [-0.4, -0.2) is 28.4 Å². The van der Waals surface area contributed by atoms with Gasteiger partial charge in [-0.25, -0.2) is 0 Å². The second-order valence-corrected chi connectivity index (χ2v) is 9.27. The second kappa shape index (κ2) is 10.8. The summed E-state index contributed by atoms with van der Waals surface area (Å²) in [4.78, 5) is 1.55. The van der Waals surface area contributed by atoms with Gasteiger partial charge in [-0.15, -0.1) is 0 Å². The zero-order valence-electron chi connectivity index (χ0n) is 18.8. The van der Waals surface area contributed by atoms with E-state index in [0.29, 0.717) is 6.04 Å².